The Morgan fingerprint density at radius 1 is 0.654 bits per heavy atom. The standard InChI is InChI=1S/C20H22O4Se.BrH/c1-19(2,17(21)15-11-7-5-8-12-15)25(23,24)20(3,4)18(22)16-13-9-6-10-14-16;/h5-14H,1-4H3;1H. The second-order valence-corrected chi connectivity index (χ2v) is 13.3. The van der Waals surface area contributed by atoms with Gasteiger partial charge >= 0.3 is 150 Å². The summed E-state index contributed by atoms with van der Waals surface area (Å²) in [6, 6.07) is 16.6. The van der Waals surface area contributed by atoms with Gasteiger partial charge < -0.3 is 0 Å². The third-order valence-corrected chi connectivity index (χ3v) is 10.9. The van der Waals surface area contributed by atoms with Gasteiger partial charge in [-0.05, 0) is 0 Å². The first kappa shape index (κ1) is 22.4. The van der Waals surface area contributed by atoms with E-state index in [0.717, 1.165) is 0 Å². The van der Waals surface area contributed by atoms with Crippen molar-refractivity contribution in [2.45, 2.75) is 36.3 Å². The summed E-state index contributed by atoms with van der Waals surface area (Å²) < 4.78 is 23.3. The van der Waals surface area contributed by atoms with Crippen molar-refractivity contribution in [3.63, 3.8) is 0 Å². The fraction of sp³-hybridized carbons (Fsp3) is 0.300. The molecule has 4 nitrogen and oxygen atoms in total. The first-order valence-corrected chi connectivity index (χ1v) is 11.1. The van der Waals surface area contributed by atoms with Crippen molar-refractivity contribution in [2.24, 2.45) is 0 Å². The van der Waals surface area contributed by atoms with Gasteiger partial charge in [-0.2, -0.15) is 0 Å². The molecule has 0 saturated carbocycles. The van der Waals surface area contributed by atoms with Crippen molar-refractivity contribution in [1.29, 1.82) is 0 Å². The fourth-order valence-corrected chi connectivity index (χ4v) is 6.95. The van der Waals surface area contributed by atoms with Crippen LogP contribution in [0.1, 0.15) is 48.4 Å². The van der Waals surface area contributed by atoms with Gasteiger partial charge in [-0.15, -0.1) is 17.0 Å². The van der Waals surface area contributed by atoms with Crippen LogP contribution < -0.4 is 0 Å². The summed E-state index contributed by atoms with van der Waals surface area (Å²) in [6.07, 6.45) is 0. The number of rotatable bonds is 6. The Morgan fingerprint density at radius 2 is 0.923 bits per heavy atom. The molecule has 0 aliphatic heterocycles. The topological polar surface area (TPSA) is 68.3 Å². The molecule has 0 radical (unpaired) electrons. The number of carbonyl (C=O) groups is 2. The molecule has 0 heterocycles. The molecule has 0 saturated heterocycles. The number of hydrogen-bond acceptors (Lipinski definition) is 4. The third-order valence-electron chi connectivity index (χ3n) is 4.51. The van der Waals surface area contributed by atoms with Gasteiger partial charge in [-0.1, -0.05) is 0 Å². The zero-order valence-electron chi connectivity index (χ0n) is 15.2. The van der Waals surface area contributed by atoms with Crippen molar-refractivity contribution < 1.29 is 17.3 Å². The number of benzene rings is 2. The summed E-state index contributed by atoms with van der Waals surface area (Å²) in [5.74, 6) is -0.987. The minimum atomic E-state index is -5.07. The average Bonchev–Trinajstić information content (AvgIpc) is 2.61. The number of ketones is 2. The second-order valence-electron chi connectivity index (χ2n) is 6.91. The molecule has 2 aromatic rings. The Bertz CT molecular complexity index is 816. The summed E-state index contributed by atoms with van der Waals surface area (Å²) >= 11 is -5.07. The molecule has 0 N–H and O–H groups in total. The summed E-state index contributed by atoms with van der Waals surface area (Å²) in [6.45, 7) is 5.56. The van der Waals surface area contributed by atoms with Crippen LogP contribution in [0.15, 0.2) is 60.7 Å². The minimum absolute atomic E-state index is 0. The van der Waals surface area contributed by atoms with E-state index in [1.54, 1.807) is 60.7 Å². The second kappa shape index (κ2) is 7.95. The monoisotopic (exact) mass is 486 g/mol. The molecule has 0 atom stereocenters. The van der Waals surface area contributed by atoms with Crippen LogP contribution in [0.2, 0.25) is 8.63 Å². The SMILES string of the molecule is Br.CC(C)(C(=O)c1ccccc1)[Se](=O)(=O)C(C)(C)C(=O)c1ccccc1. The van der Waals surface area contributed by atoms with E-state index in [9.17, 15) is 17.3 Å². The molecule has 2 aromatic carbocycles. The van der Waals surface area contributed by atoms with E-state index in [4.69, 9.17) is 0 Å². The van der Waals surface area contributed by atoms with Crippen LogP contribution in [-0.4, -0.2) is 24.3 Å². The quantitative estimate of drug-likeness (QED) is 0.416. The van der Waals surface area contributed by atoms with Gasteiger partial charge in [0, 0.05) is 0 Å². The number of hydrogen-bond donors (Lipinski definition) is 0. The third kappa shape index (κ3) is 3.73. The van der Waals surface area contributed by atoms with E-state index >= 15 is 0 Å². The van der Waals surface area contributed by atoms with Crippen LogP contribution in [0.5, 0.6) is 0 Å². The van der Waals surface area contributed by atoms with Crippen molar-refractivity contribution in [2.75, 3.05) is 0 Å². The molecule has 6 heteroatoms. The van der Waals surface area contributed by atoms with Crippen molar-refractivity contribution in [3.8, 4) is 0 Å². The van der Waals surface area contributed by atoms with Crippen LogP contribution in [0.3, 0.4) is 0 Å². The van der Waals surface area contributed by atoms with E-state index < -0.39 is 32.9 Å². The first-order chi connectivity index (χ1) is 11.5. The molecule has 0 fully saturated rings. The van der Waals surface area contributed by atoms with E-state index in [0.29, 0.717) is 11.1 Å². The number of Topliss-reactive ketones (excluding diaryl/α,β-unsaturated/α-hetero) is 2. The fourth-order valence-electron chi connectivity index (χ4n) is 2.76. The van der Waals surface area contributed by atoms with Gasteiger partial charge in [0.15, 0.2) is 0 Å². The zero-order valence-corrected chi connectivity index (χ0v) is 18.6. The van der Waals surface area contributed by atoms with Gasteiger partial charge in [0.25, 0.3) is 0 Å². The Balaban J connectivity index is 0.00000338. The maximum atomic E-state index is 13.3. The van der Waals surface area contributed by atoms with E-state index in [2.05, 4.69) is 0 Å². The first-order valence-electron chi connectivity index (χ1n) is 7.97. The molecule has 0 amide bonds. The summed E-state index contributed by atoms with van der Waals surface area (Å²) in [5.41, 5.74) is 0.646. The predicted octanol–water partition coefficient (Wildman–Crippen LogP) is 5.19. The average molecular weight is 486 g/mol. The number of carbonyl (C=O) groups excluding carboxylic acids is 2. The van der Waals surface area contributed by atoms with E-state index in [1.807, 2.05) is 0 Å². The number of halogens is 1. The Kier molecular flexibility index (Phi) is 6.86. The molecule has 26 heavy (non-hydrogen) atoms. The van der Waals surface area contributed by atoms with Crippen LogP contribution in [-0.2, 0) is 7.67 Å². The zero-order chi connectivity index (χ0) is 18.9. The molecule has 0 unspecified atom stereocenters. The van der Waals surface area contributed by atoms with Crippen LogP contribution >= 0.6 is 17.0 Å². The summed E-state index contributed by atoms with van der Waals surface area (Å²) in [7, 11) is 0. The van der Waals surface area contributed by atoms with Gasteiger partial charge in [-0.25, -0.2) is 0 Å². The van der Waals surface area contributed by atoms with Gasteiger partial charge in [0.05, 0.1) is 0 Å². The molecule has 0 spiro atoms. The molecule has 0 aliphatic carbocycles. The predicted molar refractivity (Wildman–Crippen MR) is 107 cm³/mol. The van der Waals surface area contributed by atoms with Gasteiger partial charge in [0.2, 0.25) is 0 Å². The van der Waals surface area contributed by atoms with Crippen LogP contribution in [0.4, 0.5) is 0 Å². The molecule has 2 rings (SSSR count). The maximum absolute atomic E-state index is 13.3. The van der Waals surface area contributed by atoms with Crippen molar-refractivity contribution in [3.05, 3.63) is 71.8 Å². The molecule has 140 valence electrons. The van der Waals surface area contributed by atoms with E-state index in [1.165, 1.54) is 27.7 Å². The molecular weight excluding hydrogens is 463 g/mol. The molecular formula is C20H23BrO4Se. The van der Waals surface area contributed by atoms with Crippen LogP contribution in [0, 0.1) is 0 Å². The van der Waals surface area contributed by atoms with E-state index in [-0.39, 0.29) is 17.0 Å². The van der Waals surface area contributed by atoms with Crippen molar-refractivity contribution >= 4 is 41.3 Å². The van der Waals surface area contributed by atoms with Gasteiger partial charge in [-0.3, -0.25) is 0 Å². The summed E-state index contributed by atoms with van der Waals surface area (Å²) in [4.78, 5) is 25.7. The van der Waals surface area contributed by atoms with Gasteiger partial charge in [0.1, 0.15) is 0 Å². The van der Waals surface area contributed by atoms with Crippen molar-refractivity contribution in [1.82, 2.24) is 0 Å². The molecule has 0 aliphatic rings. The normalized spacial score (nSPS) is 12.2. The Labute approximate surface area is 166 Å². The summed E-state index contributed by atoms with van der Waals surface area (Å²) in [5, 5.41) is 0. The molecule has 0 bridgehead atoms. The Morgan fingerprint density at radius 3 is 1.19 bits per heavy atom. The Hall–Kier alpha value is -1.62. The molecule has 0 aromatic heterocycles. The van der Waals surface area contributed by atoms with Crippen LogP contribution in [0.25, 0.3) is 0 Å².